The van der Waals surface area contributed by atoms with E-state index < -0.39 is 5.97 Å². The number of phenols is 1. The van der Waals surface area contributed by atoms with Gasteiger partial charge in [-0.2, -0.15) is 0 Å². The molecule has 25 heavy (non-hydrogen) atoms. The lowest BCUT2D eigenvalue weighted by Crippen LogP contribution is -2.05. The predicted molar refractivity (Wildman–Crippen MR) is 93.2 cm³/mol. The highest BCUT2D eigenvalue weighted by atomic mass is 16.4. The van der Waals surface area contributed by atoms with Gasteiger partial charge in [0.1, 0.15) is 17.1 Å². The molecule has 1 heterocycles. The fraction of sp³-hybridized carbons (Fsp3) is 0. The Kier molecular flexibility index (Phi) is 3.28. The minimum Gasteiger partial charge on any atom is -0.508 e. The highest BCUT2D eigenvalue weighted by Gasteiger charge is 2.19. The number of rotatable bonds is 2. The smallest absolute Gasteiger partial charge is 0.336 e. The first-order chi connectivity index (χ1) is 12.0. The Morgan fingerprint density at radius 3 is 2.48 bits per heavy atom. The molecule has 122 valence electrons. The van der Waals surface area contributed by atoms with Crippen molar-refractivity contribution in [1.29, 1.82) is 0 Å². The molecule has 0 unspecified atom stereocenters. The minimum absolute atomic E-state index is 0.0605. The summed E-state index contributed by atoms with van der Waals surface area (Å²) >= 11 is 0. The summed E-state index contributed by atoms with van der Waals surface area (Å²) in [7, 11) is 0. The van der Waals surface area contributed by atoms with Gasteiger partial charge in [0.05, 0.1) is 5.56 Å². The molecular weight excluding hydrogens is 320 g/mol. The van der Waals surface area contributed by atoms with E-state index in [-0.39, 0.29) is 16.7 Å². The van der Waals surface area contributed by atoms with Gasteiger partial charge < -0.3 is 14.6 Å². The Morgan fingerprint density at radius 2 is 1.68 bits per heavy atom. The number of hydrogen-bond acceptors (Lipinski definition) is 4. The first-order valence-corrected chi connectivity index (χ1v) is 7.56. The second kappa shape index (κ2) is 5.49. The number of carboxylic acid groups (broad SMARTS) is 1. The minimum atomic E-state index is -1.07. The maximum atomic E-state index is 12.1. The summed E-state index contributed by atoms with van der Waals surface area (Å²) in [5, 5.41) is 19.8. The number of fused-ring (bicyclic) bond motifs is 2. The maximum absolute atomic E-state index is 12.1. The zero-order valence-corrected chi connectivity index (χ0v) is 12.9. The zero-order chi connectivity index (χ0) is 17.6. The third-order valence-corrected chi connectivity index (χ3v) is 4.08. The van der Waals surface area contributed by atoms with E-state index in [1.54, 1.807) is 24.3 Å². The summed E-state index contributed by atoms with van der Waals surface area (Å²) in [6.45, 7) is 0. The van der Waals surface area contributed by atoms with Crippen molar-refractivity contribution in [2.45, 2.75) is 0 Å². The summed E-state index contributed by atoms with van der Waals surface area (Å²) in [4.78, 5) is 23.6. The summed E-state index contributed by atoms with van der Waals surface area (Å²) in [5.41, 5.74) is 1.85. The Balaban J connectivity index is 2.10. The molecule has 0 fully saturated rings. The summed E-state index contributed by atoms with van der Waals surface area (Å²) in [6, 6.07) is 15.8. The summed E-state index contributed by atoms with van der Waals surface area (Å²) in [5.74, 6) is -0.672. The second-order valence-corrected chi connectivity index (χ2v) is 5.70. The van der Waals surface area contributed by atoms with Gasteiger partial charge in [-0.3, -0.25) is 4.79 Å². The molecule has 1 aliphatic carbocycles. The summed E-state index contributed by atoms with van der Waals surface area (Å²) in [6.07, 6.45) is 0. The molecule has 0 amide bonds. The van der Waals surface area contributed by atoms with E-state index in [1.165, 1.54) is 30.3 Å². The van der Waals surface area contributed by atoms with Crippen LogP contribution in [0, 0.1) is 0 Å². The molecule has 5 heteroatoms. The average Bonchev–Trinajstić information content (AvgIpc) is 2.59. The monoisotopic (exact) mass is 332 g/mol. The lowest BCUT2D eigenvalue weighted by atomic mass is 9.92. The number of carbonyl (C=O) groups is 1. The van der Waals surface area contributed by atoms with E-state index in [0.29, 0.717) is 28.0 Å². The van der Waals surface area contributed by atoms with Gasteiger partial charge >= 0.3 is 5.97 Å². The van der Waals surface area contributed by atoms with E-state index >= 15 is 0 Å². The van der Waals surface area contributed by atoms with Crippen LogP contribution in [0.15, 0.2) is 69.9 Å². The fourth-order valence-electron chi connectivity index (χ4n) is 2.97. The lowest BCUT2D eigenvalue weighted by molar-refractivity contribution is 0.0697. The molecule has 0 bridgehead atoms. The van der Waals surface area contributed by atoms with Crippen LogP contribution < -0.4 is 5.43 Å². The topological polar surface area (TPSA) is 87.7 Å². The third-order valence-electron chi connectivity index (χ3n) is 4.08. The Bertz CT molecular complexity index is 1160. The van der Waals surface area contributed by atoms with E-state index in [1.807, 2.05) is 6.07 Å². The van der Waals surface area contributed by atoms with Crippen molar-refractivity contribution in [1.82, 2.24) is 0 Å². The number of phenolic OH excluding ortho intramolecular Hbond substituents is 1. The Morgan fingerprint density at radius 1 is 0.880 bits per heavy atom. The molecule has 2 N–H and O–H groups in total. The fourth-order valence-corrected chi connectivity index (χ4v) is 2.97. The largest absolute Gasteiger partial charge is 0.508 e. The van der Waals surface area contributed by atoms with Crippen LogP contribution in [0.5, 0.6) is 5.75 Å². The molecule has 4 rings (SSSR count). The highest BCUT2D eigenvalue weighted by Crippen LogP contribution is 2.37. The van der Waals surface area contributed by atoms with Crippen molar-refractivity contribution in [3.63, 3.8) is 0 Å². The Labute approximate surface area is 141 Å². The molecule has 1 aliphatic heterocycles. The van der Waals surface area contributed by atoms with Crippen molar-refractivity contribution in [3.05, 3.63) is 76.5 Å². The lowest BCUT2D eigenvalue weighted by Gasteiger charge is -2.14. The van der Waals surface area contributed by atoms with Gasteiger partial charge in [0.25, 0.3) is 0 Å². The van der Waals surface area contributed by atoms with Crippen LogP contribution in [0.25, 0.3) is 33.4 Å². The van der Waals surface area contributed by atoms with Crippen LogP contribution in [-0.4, -0.2) is 16.2 Å². The molecule has 0 radical (unpaired) electrons. The van der Waals surface area contributed by atoms with Crippen LogP contribution in [0.3, 0.4) is 0 Å². The van der Waals surface area contributed by atoms with Gasteiger partial charge in [-0.05, 0) is 41.5 Å². The molecule has 0 saturated carbocycles. The molecule has 5 nitrogen and oxygen atoms in total. The van der Waals surface area contributed by atoms with Crippen molar-refractivity contribution >= 4 is 16.9 Å². The van der Waals surface area contributed by atoms with E-state index in [4.69, 9.17) is 4.42 Å². The van der Waals surface area contributed by atoms with Gasteiger partial charge in [0.2, 0.25) is 0 Å². The number of aromatic hydroxyl groups is 1. The highest BCUT2D eigenvalue weighted by molar-refractivity contribution is 5.99. The van der Waals surface area contributed by atoms with E-state index in [9.17, 15) is 19.8 Å². The van der Waals surface area contributed by atoms with E-state index in [2.05, 4.69) is 0 Å². The van der Waals surface area contributed by atoms with Gasteiger partial charge in [-0.15, -0.1) is 0 Å². The normalized spacial score (nSPS) is 11.0. The van der Waals surface area contributed by atoms with Gasteiger partial charge in [0.15, 0.2) is 5.43 Å². The zero-order valence-electron chi connectivity index (χ0n) is 12.9. The quantitative estimate of drug-likeness (QED) is 0.542. The van der Waals surface area contributed by atoms with Crippen LogP contribution in [0.4, 0.5) is 0 Å². The molecule has 2 aromatic carbocycles. The van der Waals surface area contributed by atoms with Crippen molar-refractivity contribution in [2.75, 3.05) is 0 Å². The Hall–Kier alpha value is -3.60. The van der Waals surface area contributed by atoms with Crippen LogP contribution >= 0.6 is 0 Å². The van der Waals surface area contributed by atoms with Crippen LogP contribution in [0.2, 0.25) is 0 Å². The van der Waals surface area contributed by atoms with Crippen molar-refractivity contribution < 1.29 is 19.4 Å². The molecule has 0 aromatic heterocycles. The SMILES string of the molecule is O=C(O)c1ccccc1-c1cc(=O)cc2oc3cc(O)ccc3cc1-2. The first-order valence-electron chi connectivity index (χ1n) is 7.56. The predicted octanol–water partition coefficient (Wildman–Crippen LogP) is 3.97. The van der Waals surface area contributed by atoms with Crippen LogP contribution in [-0.2, 0) is 0 Å². The molecule has 0 saturated heterocycles. The number of benzene rings is 3. The molecule has 2 aliphatic rings. The number of aromatic carboxylic acids is 1. The van der Waals surface area contributed by atoms with Crippen molar-refractivity contribution in [2.24, 2.45) is 0 Å². The van der Waals surface area contributed by atoms with Gasteiger partial charge in [-0.25, -0.2) is 4.79 Å². The maximum Gasteiger partial charge on any atom is 0.336 e. The van der Waals surface area contributed by atoms with Crippen molar-refractivity contribution in [3.8, 4) is 28.2 Å². The first kappa shape index (κ1) is 15.0. The standard InChI is InChI=1S/C20H12O5/c21-12-6-5-11-7-17-16(14-3-1-2-4-15(14)20(23)24)8-13(22)10-19(17)25-18(11)9-12/h1-10,21H,(H,23,24). The average molecular weight is 332 g/mol. The number of hydrogen-bond donors (Lipinski definition) is 2. The molecule has 0 atom stereocenters. The van der Waals surface area contributed by atoms with Gasteiger partial charge in [0, 0.05) is 23.1 Å². The van der Waals surface area contributed by atoms with E-state index in [0.717, 1.165) is 5.39 Å². The second-order valence-electron chi connectivity index (χ2n) is 5.70. The van der Waals surface area contributed by atoms with Crippen LogP contribution in [0.1, 0.15) is 10.4 Å². The number of carboxylic acids is 1. The molecule has 0 spiro atoms. The molecular formula is C20H12O5. The molecule has 2 aromatic rings. The third kappa shape index (κ3) is 2.52. The summed E-state index contributed by atoms with van der Waals surface area (Å²) < 4.78 is 5.76. The van der Waals surface area contributed by atoms with Gasteiger partial charge in [-0.1, -0.05) is 18.2 Å².